The summed E-state index contributed by atoms with van der Waals surface area (Å²) in [6.07, 6.45) is 3.46. The Bertz CT molecular complexity index is 949. The van der Waals surface area contributed by atoms with Crippen molar-refractivity contribution in [1.82, 2.24) is 19.9 Å². The third-order valence-electron chi connectivity index (χ3n) is 4.75. The SMILES string of the molecule is COc1cc(OC)c2[nH]c(C(=O)N3CCN(c4ncccn4)CC3)cc2c1. The zero-order chi connectivity index (χ0) is 18.8. The number of fused-ring (bicyclic) bond motifs is 1. The molecule has 0 bridgehead atoms. The third-order valence-corrected chi connectivity index (χ3v) is 4.75. The van der Waals surface area contributed by atoms with Crippen LogP contribution in [0.15, 0.2) is 36.7 Å². The number of anilines is 1. The molecule has 8 nitrogen and oxygen atoms in total. The van der Waals surface area contributed by atoms with E-state index in [-0.39, 0.29) is 5.91 Å². The quantitative estimate of drug-likeness (QED) is 0.759. The lowest BCUT2D eigenvalue weighted by Crippen LogP contribution is -2.49. The van der Waals surface area contributed by atoms with Gasteiger partial charge in [-0.2, -0.15) is 0 Å². The first-order valence-electron chi connectivity index (χ1n) is 8.75. The second-order valence-corrected chi connectivity index (χ2v) is 6.30. The van der Waals surface area contributed by atoms with Crippen LogP contribution in [0.5, 0.6) is 11.5 Å². The largest absolute Gasteiger partial charge is 0.497 e. The van der Waals surface area contributed by atoms with Crippen molar-refractivity contribution >= 4 is 22.8 Å². The second kappa shape index (κ2) is 7.14. The first kappa shape index (κ1) is 17.1. The fourth-order valence-corrected chi connectivity index (χ4v) is 3.31. The molecule has 1 aliphatic rings. The van der Waals surface area contributed by atoms with Crippen LogP contribution in [0.4, 0.5) is 5.95 Å². The van der Waals surface area contributed by atoms with Crippen LogP contribution in [-0.4, -0.2) is 66.2 Å². The molecule has 4 rings (SSSR count). The number of nitrogens with one attached hydrogen (secondary N) is 1. The molecule has 0 unspecified atom stereocenters. The summed E-state index contributed by atoms with van der Waals surface area (Å²) >= 11 is 0. The number of nitrogens with zero attached hydrogens (tertiary/aromatic N) is 4. The van der Waals surface area contributed by atoms with Gasteiger partial charge in [0.1, 0.15) is 17.2 Å². The van der Waals surface area contributed by atoms with Gasteiger partial charge in [-0.1, -0.05) is 0 Å². The van der Waals surface area contributed by atoms with E-state index in [1.54, 1.807) is 38.7 Å². The predicted octanol–water partition coefficient (Wildman–Crippen LogP) is 1.94. The van der Waals surface area contributed by atoms with E-state index < -0.39 is 0 Å². The maximum atomic E-state index is 12.9. The van der Waals surface area contributed by atoms with E-state index in [2.05, 4.69) is 19.9 Å². The highest BCUT2D eigenvalue weighted by Crippen LogP contribution is 2.31. The summed E-state index contributed by atoms with van der Waals surface area (Å²) in [5.41, 5.74) is 1.33. The summed E-state index contributed by atoms with van der Waals surface area (Å²) in [5, 5.41) is 0.880. The zero-order valence-corrected chi connectivity index (χ0v) is 15.3. The van der Waals surface area contributed by atoms with Crippen molar-refractivity contribution in [2.75, 3.05) is 45.3 Å². The lowest BCUT2D eigenvalue weighted by Gasteiger charge is -2.34. The lowest BCUT2D eigenvalue weighted by atomic mass is 10.2. The molecule has 27 heavy (non-hydrogen) atoms. The van der Waals surface area contributed by atoms with Gasteiger partial charge in [-0.25, -0.2) is 9.97 Å². The normalized spacial score (nSPS) is 14.4. The molecule has 3 aromatic rings. The summed E-state index contributed by atoms with van der Waals surface area (Å²) < 4.78 is 10.7. The predicted molar refractivity (Wildman–Crippen MR) is 102 cm³/mol. The van der Waals surface area contributed by atoms with Crippen molar-refractivity contribution in [1.29, 1.82) is 0 Å². The Kier molecular flexibility index (Phi) is 4.53. The molecule has 1 saturated heterocycles. The number of H-pyrrole nitrogens is 1. The molecule has 0 saturated carbocycles. The van der Waals surface area contributed by atoms with Crippen LogP contribution >= 0.6 is 0 Å². The van der Waals surface area contributed by atoms with Gasteiger partial charge in [0.25, 0.3) is 5.91 Å². The van der Waals surface area contributed by atoms with Crippen molar-refractivity contribution in [2.45, 2.75) is 0 Å². The van der Waals surface area contributed by atoms with Crippen LogP contribution in [0, 0.1) is 0 Å². The standard InChI is InChI=1S/C19H21N5O3/c1-26-14-10-13-11-15(22-17(13)16(12-14)27-2)18(25)23-6-8-24(9-7-23)19-20-4-3-5-21-19/h3-5,10-12,22H,6-9H2,1-2H3. The number of amides is 1. The molecule has 1 aliphatic heterocycles. The number of carbonyl (C=O) groups excluding carboxylic acids is 1. The number of benzene rings is 1. The summed E-state index contributed by atoms with van der Waals surface area (Å²) in [6.45, 7) is 2.64. The Hall–Kier alpha value is -3.29. The van der Waals surface area contributed by atoms with E-state index in [4.69, 9.17) is 9.47 Å². The Morgan fingerprint density at radius 2 is 1.78 bits per heavy atom. The zero-order valence-electron chi connectivity index (χ0n) is 15.3. The van der Waals surface area contributed by atoms with Crippen LogP contribution in [0.2, 0.25) is 0 Å². The number of aromatic nitrogens is 3. The molecule has 0 spiro atoms. The van der Waals surface area contributed by atoms with Gasteiger partial charge >= 0.3 is 0 Å². The van der Waals surface area contributed by atoms with Gasteiger partial charge in [0.15, 0.2) is 0 Å². The Balaban J connectivity index is 1.52. The van der Waals surface area contributed by atoms with Crippen LogP contribution < -0.4 is 14.4 Å². The van der Waals surface area contributed by atoms with Crippen molar-refractivity contribution in [3.05, 3.63) is 42.4 Å². The van der Waals surface area contributed by atoms with Crippen molar-refractivity contribution in [2.24, 2.45) is 0 Å². The fourth-order valence-electron chi connectivity index (χ4n) is 3.31. The molecule has 140 valence electrons. The maximum absolute atomic E-state index is 12.9. The molecule has 8 heteroatoms. The summed E-state index contributed by atoms with van der Waals surface area (Å²) in [7, 11) is 3.21. The van der Waals surface area contributed by atoms with Gasteiger partial charge in [-0.05, 0) is 18.2 Å². The number of ether oxygens (including phenoxy) is 2. The number of hydrogen-bond acceptors (Lipinski definition) is 6. The highest BCUT2D eigenvalue weighted by Gasteiger charge is 2.25. The van der Waals surface area contributed by atoms with Crippen molar-refractivity contribution < 1.29 is 14.3 Å². The number of hydrogen-bond donors (Lipinski definition) is 1. The fraction of sp³-hybridized carbons (Fsp3) is 0.316. The Labute approximate surface area is 156 Å². The molecule has 0 radical (unpaired) electrons. The van der Waals surface area contributed by atoms with Gasteiger partial charge in [0, 0.05) is 50.0 Å². The number of methoxy groups -OCH3 is 2. The van der Waals surface area contributed by atoms with Crippen LogP contribution in [0.3, 0.4) is 0 Å². The molecule has 1 amide bonds. The van der Waals surface area contributed by atoms with Crippen molar-refractivity contribution in [3.8, 4) is 11.5 Å². The van der Waals surface area contributed by atoms with E-state index in [1.165, 1.54) is 0 Å². The average molecular weight is 367 g/mol. The molecular formula is C19H21N5O3. The number of carbonyl (C=O) groups is 1. The minimum atomic E-state index is -0.0270. The molecule has 1 fully saturated rings. The molecule has 2 aromatic heterocycles. The van der Waals surface area contributed by atoms with E-state index in [1.807, 2.05) is 17.0 Å². The number of aromatic amines is 1. The number of piperazine rings is 1. The molecule has 3 heterocycles. The Morgan fingerprint density at radius 1 is 1.04 bits per heavy atom. The van der Waals surface area contributed by atoms with E-state index in [9.17, 15) is 4.79 Å². The first-order valence-corrected chi connectivity index (χ1v) is 8.75. The molecule has 1 aromatic carbocycles. The topological polar surface area (TPSA) is 83.6 Å². The van der Waals surface area contributed by atoms with Gasteiger partial charge in [0.05, 0.1) is 19.7 Å². The minimum absolute atomic E-state index is 0.0270. The monoisotopic (exact) mass is 367 g/mol. The average Bonchev–Trinajstić information content (AvgIpc) is 3.17. The molecular weight excluding hydrogens is 346 g/mol. The van der Waals surface area contributed by atoms with E-state index in [0.29, 0.717) is 49.3 Å². The van der Waals surface area contributed by atoms with Gasteiger partial charge in [-0.15, -0.1) is 0 Å². The molecule has 0 atom stereocenters. The van der Waals surface area contributed by atoms with Crippen LogP contribution in [0.25, 0.3) is 10.9 Å². The minimum Gasteiger partial charge on any atom is -0.497 e. The van der Waals surface area contributed by atoms with E-state index >= 15 is 0 Å². The van der Waals surface area contributed by atoms with Gasteiger partial charge in [-0.3, -0.25) is 4.79 Å². The first-order chi connectivity index (χ1) is 13.2. The second-order valence-electron chi connectivity index (χ2n) is 6.30. The third kappa shape index (κ3) is 3.25. The Morgan fingerprint density at radius 3 is 2.44 bits per heavy atom. The van der Waals surface area contributed by atoms with Crippen LogP contribution in [0.1, 0.15) is 10.5 Å². The summed E-state index contributed by atoms with van der Waals surface area (Å²) in [6, 6.07) is 7.32. The maximum Gasteiger partial charge on any atom is 0.270 e. The molecule has 1 N–H and O–H groups in total. The van der Waals surface area contributed by atoms with Gasteiger partial charge in [0.2, 0.25) is 5.95 Å². The summed E-state index contributed by atoms with van der Waals surface area (Å²) in [5.74, 6) is 2.01. The van der Waals surface area contributed by atoms with Crippen molar-refractivity contribution in [3.63, 3.8) is 0 Å². The highest BCUT2D eigenvalue weighted by atomic mass is 16.5. The lowest BCUT2D eigenvalue weighted by molar-refractivity contribution is 0.0741. The summed E-state index contributed by atoms with van der Waals surface area (Å²) in [4.78, 5) is 28.6. The smallest absolute Gasteiger partial charge is 0.270 e. The van der Waals surface area contributed by atoms with Gasteiger partial charge < -0.3 is 24.3 Å². The number of rotatable bonds is 4. The van der Waals surface area contributed by atoms with E-state index in [0.717, 1.165) is 10.9 Å². The molecule has 0 aliphatic carbocycles. The highest BCUT2D eigenvalue weighted by molar-refractivity contribution is 6.00. The van der Waals surface area contributed by atoms with Crippen LogP contribution in [-0.2, 0) is 0 Å².